The number of nitrogens with two attached hydrogens (primary N) is 1. The van der Waals surface area contributed by atoms with Crippen molar-refractivity contribution in [2.45, 2.75) is 31.8 Å². The molecule has 0 radical (unpaired) electrons. The van der Waals surface area contributed by atoms with E-state index in [0.717, 1.165) is 25.0 Å². The van der Waals surface area contributed by atoms with E-state index in [1.807, 2.05) is 6.07 Å². The molecule has 15 heavy (non-hydrogen) atoms. The van der Waals surface area contributed by atoms with Gasteiger partial charge in [0.05, 0.1) is 0 Å². The van der Waals surface area contributed by atoms with Crippen molar-refractivity contribution in [2.24, 2.45) is 5.73 Å². The van der Waals surface area contributed by atoms with E-state index in [4.69, 9.17) is 5.73 Å². The third kappa shape index (κ3) is 1.88. The Labute approximate surface area is 89.2 Å². The number of hydrogen-bond acceptors (Lipinski definition) is 2. The molecule has 0 bridgehead atoms. The van der Waals surface area contributed by atoms with Gasteiger partial charge >= 0.3 is 0 Å². The van der Waals surface area contributed by atoms with E-state index in [-0.39, 0.29) is 11.6 Å². The van der Waals surface area contributed by atoms with Crippen LogP contribution in [0.2, 0.25) is 0 Å². The molecule has 0 amide bonds. The van der Waals surface area contributed by atoms with Crippen LogP contribution in [0.4, 0.5) is 0 Å². The van der Waals surface area contributed by atoms with Gasteiger partial charge in [0.1, 0.15) is 0 Å². The van der Waals surface area contributed by atoms with Crippen molar-refractivity contribution in [1.29, 1.82) is 0 Å². The normalized spacial score (nSPS) is 19.7. The van der Waals surface area contributed by atoms with Crippen molar-refractivity contribution < 1.29 is 0 Å². The molecular formula is C12H16N2O. The molecule has 2 N–H and O–H groups in total. The molecule has 80 valence electrons. The minimum Gasteiger partial charge on any atom is -0.327 e. The maximum absolute atomic E-state index is 11.6. The lowest BCUT2D eigenvalue weighted by Gasteiger charge is -2.24. The molecule has 1 aromatic heterocycles. The summed E-state index contributed by atoms with van der Waals surface area (Å²) >= 11 is 0. The second-order valence-electron chi connectivity index (χ2n) is 4.05. The first-order valence-electron chi connectivity index (χ1n) is 5.30. The number of rotatable bonds is 2. The molecule has 1 aliphatic carbocycles. The fourth-order valence-corrected chi connectivity index (χ4v) is 2.18. The Bertz CT molecular complexity index is 434. The summed E-state index contributed by atoms with van der Waals surface area (Å²) in [7, 11) is 0. The van der Waals surface area contributed by atoms with Gasteiger partial charge in [-0.05, 0) is 24.8 Å². The van der Waals surface area contributed by atoms with Crippen LogP contribution >= 0.6 is 0 Å². The maximum Gasteiger partial charge on any atom is 0.251 e. The lowest BCUT2D eigenvalue weighted by molar-refractivity contribution is 0.538. The van der Waals surface area contributed by atoms with Crippen molar-refractivity contribution in [3.63, 3.8) is 0 Å². The van der Waals surface area contributed by atoms with Crippen LogP contribution in [0, 0.1) is 0 Å². The summed E-state index contributed by atoms with van der Waals surface area (Å²) < 4.78 is 1.80. The van der Waals surface area contributed by atoms with Crippen molar-refractivity contribution >= 4 is 0 Å². The average Bonchev–Trinajstić information content (AvgIpc) is 2.22. The smallest absolute Gasteiger partial charge is 0.251 e. The first-order valence-corrected chi connectivity index (χ1v) is 5.30. The second kappa shape index (κ2) is 4.03. The van der Waals surface area contributed by atoms with Gasteiger partial charge < -0.3 is 10.3 Å². The van der Waals surface area contributed by atoms with Gasteiger partial charge in [-0.2, -0.15) is 0 Å². The first kappa shape index (κ1) is 10.2. The summed E-state index contributed by atoms with van der Waals surface area (Å²) in [6.45, 7) is 4.27. The Morgan fingerprint density at radius 3 is 3.13 bits per heavy atom. The Morgan fingerprint density at radius 1 is 1.60 bits per heavy atom. The van der Waals surface area contributed by atoms with Gasteiger partial charge in [0.2, 0.25) is 0 Å². The van der Waals surface area contributed by atoms with Gasteiger partial charge in [-0.25, -0.2) is 0 Å². The fraction of sp³-hybridized carbons (Fsp3) is 0.417. The molecule has 1 atom stereocenters. The molecule has 0 aromatic carbocycles. The van der Waals surface area contributed by atoms with Gasteiger partial charge in [-0.15, -0.1) is 6.58 Å². The molecule has 0 saturated carbocycles. The molecule has 0 fully saturated rings. The van der Waals surface area contributed by atoms with Crippen LogP contribution in [0.15, 0.2) is 29.6 Å². The topological polar surface area (TPSA) is 48.0 Å². The molecule has 1 aliphatic rings. The molecule has 0 spiro atoms. The standard InChI is InChI=1S/C12H16N2O/c1-2-7-14-11-5-4-10(13)8-9(11)3-6-12(14)15/h2-3,6,10H,1,4-5,7-8,13H2/t10-/m0/s1. The molecule has 1 aromatic rings. The molecular weight excluding hydrogens is 188 g/mol. The van der Waals surface area contributed by atoms with E-state index in [9.17, 15) is 4.79 Å². The van der Waals surface area contributed by atoms with Gasteiger partial charge in [0, 0.05) is 24.3 Å². The van der Waals surface area contributed by atoms with Gasteiger partial charge in [-0.1, -0.05) is 12.1 Å². The number of allylic oxidation sites excluding steroid dienone is 1. The fourth-order valence-electron chi connectivity index (χ4n) is 2.18. The quantitative estimate of drug-likeness (QED) is 0.726. The van der Waals surface area contributed by atoms with Gasteiger partial charge in [0.25, 0.3) is 5.56 Å². The Balaban J connectivity index is 2.50. The predicted molar refractivity (Wildman–Crippen MR) is 60.9 cm³/mol. The van der Waals surface area contributed by atoms with Crippen molar-refractivity contribution in [1.82, 2.24) is 4.57 Å². The highest BCUT2D eigenvalue weighted by Crippen LogP contribution is 2.18. The predicted octanol–water partition coefficient (Wildman–Crippen LogP) is 0.850. The van der Waals surface area contributed by atoms with E-state index >= 15 is 0 Å². The number of fused-ring (bicyclic) bond motifs is 1. The summed E-state index contributed by atoms with van der Waals surface area (Å²) in [5.74, 6) is 0. The Kier molecular flexibility index (Phi) is 2.73. The van der Waals surface area contributed by atoms with Gasteiger partial charge in [0.15, 0.2) is 0 Å². The lowest BCUT2D eigenvalue weighted by atomic mass is 9.92. The zero-order chi connectivity index (χ0) is 10.8. The van der Waals surface area contributed by atoms with Crippen LogP contribution in [0.1, 0.15) is 17.7 Å². The molecule has 3 heteroatoms. The summed E-state index contributed by atoms with van der Waals surface area (Å²) in [6.07, 6.45) is 4.51. The number of aromatic nitrogens is 1. The van der Waals surface area contributed by atoms with Crippen LogP contribution in [0.3, 0.4) is 0 Å². The number of nitrogens with zero attached hydrogens (tertiary/aromatic N) is 1. The minimum absolute atomic E-state index is 0.0594. The van der Waals surface area contributed by atoms with E-state index in [0.29, 0.717) is 6.54 Å². The summed E-state index contributed by atoms with van der Waals surface area (Å²) in [5, 5.41) is 0. The lowest BCUT2D eigenvalue weighted by Crippen LogP contribution is -2.33. The first-order chi connectivity index (χ1) is 7.22. The van der Waals surface area contributed by atoms with Crippen molar-refractivity contribution in [2.75, 3.05) is 0 Å². The second-order valence-corrected chi connectivity index (χ2v) is 4.05. The van der Waals surface area contributed by atoms with Crippen LogP contribution in [-0.2, 0) is 19.4 Å². The van der Waals surface area contributed by atoms with E-state index < -0.39 is 0 Å². The maximum atomic E-state index is 11.6. The molecule has 3 nitrogen and oxygen atoms in total. The van der Waals surface area contributed by atoms with Crippen LogP contribution in [0.25, 0.3) is 0 Å². The van der Waals surface area contributed by atoms with Crippen LogP contribution in [-0.4, -0.2) is 10.6 Å². The minimum atomic E-state index is 0.0594. The van der Waals surface area contributed by atoms with Crippen molar-refractivity contribution in [3.05, 3.63) is 46.4 Å². The van der Waals surface area contributed by atoms with E-state index in [2.05, 4.69) is 6.58 Å². The van der Waals surface area contributed by atoms with Crippen LogP contribution in [0.5, 0.6) is 0 Å². The molecule has 2 rings (SSSR count). The third-order valence-electron chi connectivity index (χ3n) is 2.94. The highest BCUT2D eigenvalue weighted by molar-refractivity contribution is 5.25. The third-order valence-corrected chi connectivity index (χ3v) is 2.94. The monoisotopic (exact) mass is 204 g/mol. The number of hydrogen-bond donors (Lipinski definition) is 1. The van der Waals surface area contributed by atoms with E-state index in [1.165, 1.54) is 5.56 Å². The summed E-state index contributed by atoms with van der Waals surface area (Å²) in [6, 6.07) is 3.78. The van der Waals surface area contributed by atoms with Crippen LogP contribution < -0.4 is 11.3 Å². The number of pyridine rings is 1. The largest absolute Gasteiger partial charge is 0.327 e. The zero-order valence-electron chi connectivity index (χ0n) is 8.78. The van der Waals surface area contributed by atoms with Crippen molar-refractivity contribution in [3.8, 4) is 0 Å². The molecule has 0 unspecified atom stereocenters. The SMILES string of the molecule is C=CCn1c2c(ccc1=O)C[C@@H](N)CC2. The molecule has 0 aliphatic heterocycles. The summed E-state index contributed by atoms with van der Waals surface area (Å²) in [4.78, 5) is 11.6. The molecule has 1 heterocycles. The summed E-state index contributed by atoms with van der Waals surface area (Å²) in [5.41, 5.74) is 8.32. The van der Waals surface area contributed by atoms with E-state index in [1.54, 1.807) is 16.7 Å². The highest BCUT2D eigenvalue weighted by Gasteiger charge is 2.18. The highest BCUT2D eigenvalue weighted by atomic mass is 16.1. The zero-order valence-corrected chi connectivity index (χ0v) is 8.78. The Morgan fingerprint density at radius 2 is 2.40 bits per heavy atom. The average molecular weight is 204 g/mol. The molecule has 0 saturated heterocycles. The Hall–Kier alpha value is -1.35. The van der Waals surface area contributed by atoms with Gasteiger partial charge in [-0.3, -0.25) is 4.79 Å².